The van der Waals surface area contributed by atoms with Gasteiger partial charge in [-0.05, 0) is 18.2 Å². The second kappa shape index (κ2) is 3.30. The van der Waals surface area contributed by atoms with Gasteiger partial charge >= 0.3 is 5.69 Å². The van der Waals surface area contributed by atoms with E-state index in [4.69, 9.17) is 10.1 Å². The van der Waals surface area contributed by atoms with Crippen LogP contribution in [0.2, 0.25) is 0 Å². The highest BCUT2D eigenvalue weighted by atomic mass is 16.5. The topological polar surface area (TPSA) is 50.3 Å². The summed E-state index contributed by atoms with van der Waals surface area (Å²) in [7, 11) is 1.61. The number of diazo groups is 1. The van der Waals surface area contributed by atoms with Gasteiger partial charge in [0, 0.05) is 11.5 Å². The molecule has 68 valence electrons. The molecule has 0 N–H and O–H groups in total. The van der Waals surface area contributed by atoms with E-state index in [1.165, 1.54) is 6.20 Å². The molecule has 0 bridgehead atoms. The maximum absolute atomic E-state index is 8.58. The van der Waals surface area contributed by atoms with E-state index in [0.29, 0.717) is 5.69 Å². The number of aromatic nitrogens is 1. The van der Waals surface area contributed by atoms with Gasteiger partial charge in [-0.25, -0.2) is 4.98 Å². The molecule has 0 fully saturated rings. The molecule has 0 saturated carbocycles. The van der Waals surface area contributed by atoms with E-state index < -0.39 is 0 Å². The fraction of sp³-hybridized carbons (Fsp3) is 0.100. The van der Waals surface area contributed by atoms with Gasteiger partial charge in [0.1, 0.15) is 11.9 Å². The number of benzene rings is 1. The Hall–Kier alpha value is -2.15. The van der Waals surface area contributed by atoms with Gasteiger partial charge in [-0.2, -0.15) is 0 Å². The molecule has 0 unspecified atom stereocenters. The van der Waals surface area contributed by atoms with E-state index >= 15 is 0 Å². The third kappa shape index (κ3) is 1.36. The molecule has 2 rings (SSSR count). The first-order chi connectivity index (χ1) is 6.83. The number of nitrogens with zero attached hydrogens (tertiary/aromatic N) is 3. The minimum absolute atomic E-state index is 0.436. The van der Waals surface area contributed by atoms with Crippen molar-refractivity contribution in [3.05, 3.63) is 35.4 Å². The number of methoxy groups -OCH3 is 1. The van der Waals surface area contributed by atoms with Gasteiger partial charge in [0.25, 0.3) is 0 Å². The van der Waals surface area contributed by atoms with Crippen LogP contribution >= 0.6 is 0 Å². The van der Waals surface area contributed by atoms with Gasteiger partial charge in [-0.1, -0.05) is 0 Å². The number of pyridine rings is 1. The molecule has 0 aliphatic heterocycles. The van der Waals surface area contributed by atoms with Gasteiger partial charge < -0.3 is 4.74 Å². The average Bonchev–Trinajstić information content (AvgIpc) is 2.27. The fourth-order valence-corrected chi connectivity index (χ4v) is 1.28. The summed E-state index contributed by atoms with van der Waals surface area (Å²) in [6, 6.07) is 7.28. The van der Waals surface area contributed by atoms with E-state index in [9.17, 15) is 0 Å². The van der Waals surface area contributed by atoms with Gasteiger partial charge in [-0.3, -0.25) is 0 Å². The second-order valence-electron chi connectivity index (χ2n) is 2.85. The molecule has 0 saturated heterocycles. The van der Waals surface area contributed by atoms with Crippen LogP contribution in [0.3, 0.4) is 0 Å². The summed E-state index contributed by atoms with van der Waals surface area (Å²) < 4.78 is 5.07. The van der Waals surface area contributed by atoms with Crippen LogP contribution in [0.4, 0.5) is 5.69 Å². The molecular formula is C10H8N3O+. The van der Waals surface area contributed by atoms with E-state index in [1.807, 2.05) is 18.2 Å². The zero-order valence-electron chi connectivity index (χ0n) is 7.64. The summed E-state index contributed by atoms with van der Waals surface area (Å²) in [6.45, 7) is 0. The zero-order chi connectivity index (χ0) is 9.97. The molecule has 14 heavy (non-hydrogen) atoms. The lowest BCUT2D eigenvalue weighted by Crippen LogP contribution is -1.83. The standard InChI is InChI=1S/C10H8N3O/c1-14-9-2-3-10-7(5-9)4-8(13-11)6-12-10/h2-6H,1H3/q+1. The van der Waals surface area contributed by atoms with Crippen LogP contribution in [0.5, 0.6) is 5.75 Å². The van der Waals surface area contributed by atoms with Crippen molar-refractivity contribution in [1.82, 2.24) is 4.98 Å². The van der Waals surface area contributed by atoms with Crippen LogP contribution in [0.1, 0.15) is 0 Å². The summed E-state index contributed by atoms with van der Waals surface area (Å²) in [4.78, 5) is 7.19. The number of hydrogen-bond acceptors (Lipinski definition) is 3. The van der Waals surface area contributed by atoms with Gasteiger partial charge in [-0.15, -0.1) is 0 Å². The van der Waals surface area contributed by atoms with Crippen LogP contribution < -0.4 is 4.74 Å². The normalized spacial score (nSPS) is 9.71. The van der Waals surface area contributed by atoms with Crippen molar-refractivity contribution in [3.8, 4) is 5.75 Å². The Labute approximate surface area is 80.8 Å². The average molecular weight is 186 g/mol. The highest BCUT2D eigenvalue weighted by Crippen LogP contribution is 2.22. The lowest BCUT2D eigenvalue weighted by atomic mass is 10.2. The highest BCUT2D eigenvalue weighted by Gasteiger charge is 2.06. The zero-order valence-corrected chi connectivity index (χ0v) is 7.64. The first-order valence-corrected chi connectivity index (χ1v) is 4.12. The Morgan fingerprint density at radius 1 is 1.36 bits per heavy atom. The third-order valence-electron chi connectivity index (χ3n) is 1.99. The Morgan fingerprint density at radius 3 is 2.93 bits per heavy atom. The van der Waals surface area contributed by atoms with Crippen molar-refractivity contribution >= 4 is 16.6 Å². The molecule has 0 spiro atoms. The predicted octanol–water partition coefficient (Wildman–Crippen LogP) is 2.73. The van der Waals surface area contributed by atoms with Crippen LogP contribution in [0, 0.1) is 5.39 Å². The van der Waals surface area contributed by atoms with E-state index in [0.717, 1.165) is 16.7 Å². The molecular weight excluding hydrogens is 178 g/mol. The van der Waals surface area contributed by atoms with Crippen LogP contribution in [0.25, 0.3) is 15.9 Å². The molecule has 1 aromatic carbocycles. The predicted molar refractivity (Wildman–Crippen MR) is 53.0 cm³/mol. The molecule has 1 aromatic heterocycles. The molecule has 4 nitrogen and oxygen atoms in total. The van der Waals surface area contributed by atoms with Gasteiger partial charge in [0.2, 0.25) is 5.39 Å². The molecule has 0 aliphatic carbocycles. The Bertz CT molecular complexity index is 516. The summed E-state index contributed by atoms with van der Waals surface area (Å²) >= 11 is 0. The molecule has 4 heteroatoms. The first-order valence-electron chi connectivity index (χ1n) is 4.12. The Balaban J connectivity index is 2.67. The third-order valence-corrected chi connectivity index (χ3v) is 1.99. The summed E-state index contributed by atoms with van der Waals surface area (Å²) in [6.07, 6.45) is 1.51. The molecule has 1 heterocycles. The largest absolute Gasteiger partial charge is 0.497 e. The maximum Gasteiger partial charge on any atom is 0.403 e. The lowest BCUT2D eigenvalue weighted by molar-refractivity contribution is 0.415. The molecule has 0 amide bonds. The SMILES string of the molecule is COc1ccc2ncc([N+]#N)cc2c1. The second-order valence-corrected chi connectivity index (χ2v) is 2.85. The van der Waals surface area contributed by atoms with E-state index in [2.05, 4.69) is 9.96 Å². The summed E-state index contributed by atoms with van der Waals surface area (Å²) in [5.41, 5.74) is 1.28. The van der Waals surface area contributed by atoms with Crippen molar-refractivity contribution in [3.63, 3.8) is 0 Å². The summed E-state index contributed by atoms with van der Waals surface area (Å²) in [5.74, 6) is 0.759. The lowest BCUT2D eigenvalue weighted by Gasteiger charge is -1.99. The van der Waals surface area contributed by atoms with E-state index in [-0.39, 0.29) is 0 Å². The van der Waals surface area contributed by atoms with Crippen molar-refractivity contribution in [2.24, 2.45) is 0 Å². The maximum atomic E-state index is 8.58. The van der Waals surface area contributed by atoms with Crippen molar-refractivity contribution in [1.29, 1.82) is 5.39 Å². The Kier molecular flexibility index (Phi) is 1.99. The molecule has 0 radical (unpaired) electrons. The number of ether oxygens (including phenoxy) is 1. The summed E-state index contributed by atoms with van der Waals surface area (Å²) in [5, 5.41) is 9.47. The monoisotopic (exact) mass is 186 g/mol. The number of rotatable bonds is 1. The first kappa shape index (κ1) is 8.45. The number of fused-ring (bicyclic) bond motifs is 1. The minimum Gasteiger partial charge on any atom is -0.497 e. The van der Waals surface area contributed by atoms with Gasteiger partial charge in [0.05, 0.1) is 12.6 Å². The van der Waals surface area contributed by atoms with Crippen molar-refractivity contribution in [2.75, 3.05) is 7.11 Å². The van der Waals surface area contributed by atoms with E-state index in [1.54, 1.807) is 13.2 Å². The minimum atomic E-state index is 0.436. The molecule has 2 aromatic rings. The molecule has 0 atom stereocenters. The van der Waals surface area contributed by atoms with Crippen LogP contribution in [-0.2, 0) is 0 Å². The fourth-order valence-electron chi connectivity index (χ4n) is 1.28. The smallest absolute Gasteiger partial charge is 0.403 e. The highest BCUT2D eigenvalue weighted by molar-refractivity contribution is 5.83. The molecule has 0 aliphatic rings. The van der Waals surface area contributed by atoms with Crippen molar-refractivity contribution < 1.29 is 4.74 Å². The van der Waals surface area contributed by atoms with Gasteiger partial charge in [0.15, 0.2) is 4.98 Å². The van der Waals surface area contributed by atoms with Crippen LogP contribution in [-0.4, -0.2) is 12.1 Å². The quantitative estimate of drug-likeness (QED) is 0.643. The Morgan fingerprint density at radius 2 is 2.21 bits per heavy atom. The van der Waals surface area contributed by atoms with Crippen molar-refractivity contribution in [2.45, 2.75) is 0 Å². The number of hydrogen-bond donors (Lipinski definition) is 0. The van der Waals surface area contributed by atoms with Crippen LogP contribution in [0.15, 0.2) is 30.5 Å².